The van der Waals surface area contributed by atoms with E-state index in [1.165, 1.54) is 47.6 Å². The lowest BCUT2D eigenvalue weighted by Gasteiger charge is -2.27. The molecule has 1 heterocycles. The lowest BCUT2D eigenvalue weighted by atomic mass is 10.0. The quantitative estimate of drug-likeness (QED) is 0.846. The van der Waals surface area contributed by atoms with E-state index in [2.05, 4.69) is 47.8 Å². The Morgan fingerprint density at radius 1 is 1.00 bits per heavy atom. The molecular weight excluding hydrogens is 262 g/mol. The van der Waals surface area contributed by atoms with Crippen LogP contribution in [0.3, 0.4) is 0 Å². The fourth-order valence-corrected chi connectivity index (χ4v) is 4.48. The third-order valence-corrected chi connectivity index (χ3v) is 5.52. The molecule has 0 radical (unpaired) electrons. The largest absolute Gasteiger partial charge is 0.378 e. The van der Waals surface area contributed by atoms with Crippen molar-refractivity contribution in [2.45, 2.75) is 36.6 Å². The maximum Gasteiger partial charge on any atom is 0.0532 e. The first-order chi connectivity index (χ1) is 9.90. The molecule has 1 aliphatic heterocycles. The summed E-state index contributed by atoms with van der Waals surface area (Å²) < 4.78 is 0. The van der Waals surface area contributed by atoms with Crippen LogP contribution in [0.25, 0.3) is 0 Å². The van der Waals surface area contributed by atoms with Gasteiger partial charge in [-0.1, -0.05) is 24.3 Å². The Morgan fingerprint density at radius 2 is 1.90 bits per heavy atom. The van der Waals surface area contributed by atoms with Gasteiger partial charge in [0, 0.05) is 16.3 Å². The number of benzene rings is 2. The minimum Gasteiger partial charge on any atom is -0.378 e. The Labute approximate surface area is 124 Å². The van der Waals surface area contributed by atoms with Gasteiger partial charge in [-0.2, -0.15) is 0 Å². The van der Waals surface area contributed by atoms with Gasteiger partial charge in [-0.05, 0) is 60.6 Å². The molecule has 2 aliphatic rings. The molecule has 1 nitrogen and oxygen atoms in total. The van der Waals surface area contributed by atoms with Crippen LogP contribution in [-0.2, 0) is 12.8 Å². The van der Waals surface area contributed by atoms with Crippen molar-refractivity contribution < 1.29 is 0 Å². The Kier molecular flexibility index (Phi) is 3.19. The average Bonchev–Trinajstić information content (AvgIpc) is 2.95. The SMILES string of the molecule is c1ccc2c(c1)SCCC2Nc1ccc2c(c1)CCC2. The van der Waals surface area contributed by atoms with Crippen LogP contribution in [0.2, 0.25) is 0 Å². The van der Waals surface area contributed by atoms with Gasteiger partial charge in [-0.25, -0.2) is 0 Å². The van der Waals surface area contributed by atoms with E-state index in [1.807, 2.05) is 11.8 Å². The van der Waals surface area contributed by atoms with E-state index >= 15 is 0 Å². The van der Waals surface area contributed by atoms with E-state index in [0.717, 1.165) is 0 Å². The summed E-state index contributed by atoms with van der Waals surface area (Å²) in [5.74, 6) is 1.21. The van der Waals surface area contributed by atoms with Gasteiger partial charge in [0.15, 0.2) is 0 Å². The molecule has 2 aromatic rings. The van der Waals surface area contributed by atoms with Crippen molar-refractivity contribution in [2.24, 2.45) is 0 Å². The normalized spacial score (nSPS) is 20.3. The summed E-state index contributed by atoms with van der Waals surface area (Å²) in [6.45, 7) is 0. The van der Waals surface area contributed by atoms with Crippen LogP contribution < -0.4 is 5.32 Å². The molecule has 2 heteroatoms. The van der Waals surface area contributed by atoms with E-state index < -0.39 is 0 Å². The van der Waals surface area contributed by atoms with Gasteiger partial charge in [0.25, 0.3) is 0 Å². The maximum absolute atomic E-state index is 3.75. The van der Waals surface area contributed by atoms with Gasteiger partial charge >= 0.3 is 0 Å². The zero-order chi connectivity index (χ0) is 13.4. The Morgan fingerprint density at radius 3 is 2.90 bits per heavy atom. The van der Waals surface area contributed by atoms with Gasteiger partial charge < -0.3 is 5.32 Å². The second kappa shape index (κ2) is 5.17. The molecular formula is C18H19NS. The molecule has 2 aromatic carbocycles. The number of anilines is 1. The van der Waals surface area contributed by atoms with Crippen LogP contribution in [0, 0.1) is 0 Å². The molecule has 20 heavy (non-hydrogen) atoms. The predicted molar refractivity (Wildman–Crippen MR) is 86.6 cm³/mol. The predicted octanol–water partition coefficient (Wildman–Crippen LogP) is 4.82. The van der Waals surface area contributed by atoms with Gasteiger partial charge in [0.1, 0.15) is 0 Å². The van der Waals surface area contributed by atoms with Gasteiger partial charge in [-0.3, -0.25) is 0 Å². The highest BCUT2D eigenvalue weighted by Crippen LogP contribution is 2.38. The number of fused-ring (bicyclic) bond motifs is 2. The fourth-order valence-electron chi connectivity index (χ4n) is 3.35. The van der Waals surface area contributed by atoms with Crippen LogP contribution in [0.15, 0.2) is 47.4 Å². The highest BCUT2D eigenvalue weighted by molar-refractivity contribution is 7.99. The molecule has 102 valence electrons. The fraction of sp³-hybridized carbons (Fsp3) is 0.333. The number of thioether (sulfide) groups is 1. The Hall–Kier alpha value is -1.41. The van der Waals surface area contributed by atoms with Crippen LogP contribution >= 0.6 is 11.8 Å². The smallest absolute Gasteiger partial charge is 0.0532 e. The average molecular weight is 281 g/mol. The van der Waals surface area contributed by atoms with E-state index in [0.29, 0.717) is 6.04 Å². The van der Waals surface area contributed by atoms with Crippen LogP contribution in [0.5, 0.6) is 0 Å². The number of hydrogen-bond donors (Lipinski definition) is 1. The first kappa shape index (κ1) is 12.3. The number of nitrogens with one attached hydrogen (secondary N) is 1. The van der Waals surface area contributed by atoms with E-state index in [-0.39, 0.29) is 0 Å². The minimum absolute atomic E-state index is 0.465. The molecule has 1 atom stereocenters. The molecule has 0 aromatic heterocycles. The zero-order valence-electron chi connectivity index (χ0n) is 11.6. The second-order valence-corrected chi connectivity index (χ2v) is 6.85. The van der Waals surface area contributed by atoms with E-state index in [1.54, 1.807) is 11.1 Å². The number of hydrogen-bond acceptors (Lipinski definition) is 2. The third kappa shape index (κ3) is 2.22. The zero-order valence-corrected chi connectivity index (χ0v) is 12.4. The minimum atomic E-state index is 0.465. The summed E-state index contributed by atoms with van der Waals surface area (Å²) >= 11 is 1.98. The highest BCUT2D eigenvalue weighted by Gasteiger charge is 2.20. The molecule has 0 saturated carbocycles. The second-order valence-electron chi connectivity index (χ2n) is 5.71. The molecule has 4 rings (SSSR count). The first-order valence-corrected chi connectivity index (χ1v) is 8.49. The monoisotopic (exact) mass is 281 g/mol. The molecule has 1 aliphatic carbocycles. The van der Waals surface area contributed by atoms with E-state index in [9.17, 15) is 0 Å². The highest BCUT2D eigenvalue weighted by atomic mass is 32.2. The Bertz CT molecular complexity index is 635. The molecule has 0 amide bonds. The summed E-state index contributed by atoms with van der Waals surface area (Å²) in [5.41, 5.74) is 5.85. The third-order valence-electron chi connectivity index (χ3n) is 4.40. The maximum atomic E-state index is 3.75. The van der Waals surface area contributed by atoms with Crippen molar-refractivity contribution in [3.63, 3.8) is 0 Å². The summed E-state index contributed by atoms with van der Waals surface area (Å²) in [5, 5.41) is 3.75. The summed E-state index contributed by atoms with van der Waals surface area (Å²) in [4.78, 5) is 1.44. The molecule has 0 spiro atoms. The van der Waals surface area contributed by atoms with Crippen LogP contribution in [0.4, 0.5) is 5.69 Å². The lowest BCUT2D eigenvalue weighted by molar-refractivity contribution is 0.728. The van der Waals surface area contributed by atoms with Gasteiger partial charge in [-0.15, -0.1) is 11.8 Å². The van der Waals surface area contributed by atoms with Gasteiger partial charge in [0.05, 0.1) is 6.04 Å². The number of rotatable bonds is 2. The van der Waals surface area contributed by atoms with Gasteiger partial charge in [0.2, 0.25) is 0 Å². The summed E-state index contributed by atoms with van der Waals surface area (Å²) in [7, 11) is 0. The molecule has 0 saturated heterocycles. The van der Waals surface area contributed by atoms with E-state index in [4.69, 9.17) is 0 Å². The molecule has 0 bridgehead atoms. The van der Waals surface area contributed by atoms with Crippen molar-refractivity contribution in [1.29, 1.82) is 0 Å². The summed E-state index contributed by atoms with van der Waals surface area (Å²) in [6, 6.07) is 16.2. The van der Waals surface area contributed by atoms with Crippen molar-refractivity contribution in [1.82, 2.24) is 0 Å². The number of aryl methyl sites for hydroxylation is 2. The Balaban J connectivity index is 1.61. The lowest BCUT2D eigenvalue weighted by Crippen LogP contribution is -2.16. The summed E-state index contributed by atoms with van der Waals surface area (Å²) in [6.07, 6.45) is 5.04. The van der Waals surface area contributed by atoms with Crippen molar-refractivity contribution in [3.05, 3.63) is 59.2 Å². The molecule has 1 N–H and O–H groups in total. The molecule has 1 unspecified atom stereocenters. The van der Waals surface area contributed by atoms with Crippen LogP contribution in [0.1, 0.15) is 35.6 Å². The standard InChI is InChI=1S/C18H19NS/c1-2-7-18-16(6-1)17(10-11-20-18)19-15-9-8-13-4-3-5-14(13)12-15/h1-2,6-9,12,17,19H,3-5,10-11H2. The first-order valence-electron chi connectivity index (χ1n) is 7.50. The van der Waals surface area contributed by atoms with Crippen LogP contribution in [-0.4, -0.2) is 5.75 Å². The topological polar surface area (TPSA) is 12.0 Å². The van der Waals surface area contributed by atoms with Crippen molar-refractivity contribution in [2.75, 3.05) is 11.1 Å². The molecule has 0 fully saturated rings. The van der Waals surface area contributed by atoms with Crippen molar-refractivity contribution in [3.8, 4) is 0 Å². The van der Waals surface area contributed by atoms with Crippen molar-refractivity contribution >= 4 is 17.4 Å².